The molecule has 1 saturated carbocycles. The van der Waals surface area contributed by atoms with E-state index in [0.717, 1.165) is 10.0 Å². The van der Waals surface area contributed by atoms with E-state index in [1.54, 1.807) is 0 Å². The summed E-state index contributed by atoms with van der Waals surface area (Å²) < 4.78 is 0.989. The van der Waals surface area contributed by atoms with Gasteiger partial charge >= 0.3 is 5.97 Å². The molecule has 5 heteroatoms. The highest BCUT2D eigenvalue weighted by Gasteiger charge is 2.30. The molecule has 1 aromatic rings. The fourth-order valence-corrected chi connectivity index (χ4v) is 3.21. The fourth-order valence-electron chi connectivity index (χ4n) is 2.79. The molecule has 4 nitrogen and oxygen atoms in total. The summed E-state index contributed by atoms with van der Waals surface area (Å²) in [7, 11) is 0. The maximum atomic E-state index is 12.3. The first-order chi connectivity index (χ1) is 9.97. The molecule has 1 fully saturated rings. The number of aliphatic carboxylic acids is 1. The number of benzene rings is 1. The molecule has 1 aliphatic rings. The lowest BCUT2D eigenvalue weighted by Gasteiger charge is -2.26. The molecule has 0 aliphatic heterocycles. The first-order valence-corrected chi connectivity index (χ1v) is 8.05. The number of hydrogen-bond acceptors (Lipinski definition) is 2. The largest absolute Gasteiger partial charge is 0.481 e. The highest BCUT2D eigenvalue weighted by Crippen LogP contribution is 2.29. The van der Waals surface area contributed by atoms with Crippen molar-refractivity contribution >= 4 is 27.8 Å². The van der Waals surface area contributed by atoms with Crippen molar-refractivity contribution in [1.29, 1.82) is 0 Å². The van der Waals surface area contributed by atoms with Gasteiger partial charge in [-0.25, -0.2) is 0 Å². The van der Waals surface area contributed by atoms with E-state index in [2.05, 4.69) is 21.2 Å². The SMILES string of the molecule is CC(NC(=O)C1CCC(C(=O)O)CC1)c1cccc(Br)c1. The van der Waals surface area contributed by atoms with Gasteiger partial charge in [0.2, 0.25) is 5.91 Å². The van der Waals surface area contributed by atoms with Crippen LogP contribution in [0.2, 0.25) is 0 Å². The highest BCUT2D eigenvalue weighted by atomic mass is 79.9. The molecular weight excluding hydrogens is 334 g/mol. The summed E-state index contributed by atoms with van der Waals surface area (Å²) in [5.41, 5.74) is 1.05. The van der Waals surface area contributed by atoms with Gasteiger partial charge in [0.1, 0.15) is 0 Å². The minimum absolute atomic E-state index is 0.0336. The molecule has 1 atom stereocenters. The summed E-state index contributed by atoms with van der Waals surface area (Å²) in [6.07, 6.45) is 2.51. The Hall–Kier alpha value is -1.36. The molecule has 114 valence electrons. The van der Waals surface area contributed by atoms with Crippen LogP contribution in [0.5, 0.6) is 0 Å². The molecule has 1 aliphatic carbocycles. The van der Waals surface area contributed by atoms with Crippen LogP contribution in [0.3, 0.4) is 0 Å². The van der Waals surface area contributed by atoms with Crippen LogP contribution in [0.15, 0.2) is 28.7 Å². The van der Waals surface area contributed by atoms with Crippen LogP contribution in [0.4, 0.5) is 0 Å². The van der Waals surface area contributed by atoms with Gasteiger partial charge in [-0.1, -0.05) is 28.1 Å². The summed E-state index contributed by atoms with van der Waals surface area (Å²) in [5, 5.41) is 12.0. The van der Waals surface area contributed by atoms with E-state index in [4.69, 9.17) is 5.11 Å². The zero-order chi connectivity index (χ0) is 15.4. The first kappa shape index (κ1) is 16.0. The van der Waals surface area contributed by atoms with Gasteiger partial charge in [-0.2, -0.15) is 0 Å². The molecule has 0 saturated heterocycles. The van der Waals surface area contributed by atoms with Crippen molar-refractivity contribution < 1.29 is 14.7 Å². The molecule has 0 bridgehead atoms. The van der Waals surface area contributed by atoms with Crippen molar-refractivity contribution in [3.05, 3.63) is 34.3 Å². The van der Waals surface area contributed by atoms with E-state index in [1.807, 2.05) is 31.2 Å². The second-order valence-electron chi connectivity index (χ2n) is 5.67. The number of carbonyl (C=O) groups excluding carboxylic acids is 1. The number of halogens is 1. The molecule has 0 aromatic heterocycles. The lowest BCUT2D eigenvalue weighted by atomic mass is 9.81. The van der Waals surface area contributed by atoms with Crippen LogP contribution >= 0.6 is 15.9 Å². The Kier molecular flexibility index (Phi) is 5.39. The average Bonchev–Trinajstić information content (AvgIpc) is 2.47. The van der Waals surface area contributed by atoms with Crippen LogP contribution in [-0.2, 0) is 9.59 Å². The number of carbonyl (C=O) groups is 2. The number of carboxylic acid groups (broad SMARTS) is 1. The Bertz CT molecular complexity index is 524. The third kappa shape index (κ3) is 4.30. The van der Waals surface area contributed by atoms with Gasteiger partial charge in [0, 0.05) is 10.4 Å². The van der Waals surface area contributed by atoms with Gasteiger partial charge in [-0.15, -0.1) is 0 Å². The first-order valence-electron chi connectivity index (χ1n) is 7.26. The predicted molar refractivity (Wildman–Crippen MR) is 83.8 cm³/mol. The van der Waals surface area contributed by atoms with Gasteiger partial charge in [0.15, 0.2) is 0 Å². The topological polar surface area (TPSA) is 66.4 Å². The minimum atomic E-state index is -0.739. The van der Waals surface area contributed by atoms with Crippen LogP contribution in [0, 0.1) is 11.8 Å². The number of rotatable bonds is 4. The van der Waals surface area contributed by atoms with E-state index in [0.29, 0.717) is 25.7 Å². The second kappa shape index (κ2) is 7.07. The van der Waals surface area contributed by atoms with E-state index in [-0.39, 0.29) is 23.8 Å². The van der Waals surface area contributed by atoms with Crippen molar-refractivity contribution in [3.63, 3.8) is 0 Å². The molecule has 0 radical (unpaired) electrons. The molecule has 1 aromatic carbocycles. The van der Waals surface area contributed by atoms with Crippen molar-refractivity contribution in [2.75, 3.05) is 0 Å². The summed E-state index contributed by atoms with van der Waals surface area (Å²) in [6, 6.07) is 7.82. The van der Waals surface area contributed by atoms with E-state index >= 15 is 0 Å². The third-order valence-electron chi connectivity index (χ3n) is 4.15. The van der Waals surface area contributed by atoms with Crippen molar-refractivity contribution in [2.24, 2.45) is 11.8 Å². The standard InChI is InChI=1S/C16H20BrNO3/c1-10(13-3-2-4-14(17)9-13)18-15(19)11-5-7-12(8-6-11)16(20)21/h2-4,9-12H,5-8H2,1H3,(H,18,19)(H,20,21). The fraction of sp³-hybridized carbons (Fsp3) is 0.500. The van der Waals surface area contributed by atoms with Crippen molar-refractivity contribution in [1.82, 2.24) is 5.32 Å². The van der Waals surface area contributed by atoms with Crippen LogP contribution < -0.4 is 5.32 Å². The van der Waals surface area contributed by atoms with E-state index in [9.17, 15) is 9.59 Å². The molecule has 1 amide bonds. The molecule has 0 heterocycles. The monoisotopic (exact) mass is 353 g/mol. The van der Waals surface area contributed by atoms with Gasteiger partial charge in [0.05, 0.1) is 12.0 Å². The molecule has 2 rings (SSSR count). The van der Waals surface area contributed by atoms with Gasteiger partial charge in [0.25, 0.3) is 0 Å². The summed E-state index contributed by atoms with van der Waals surface area (Å²) >= 11 is 3.43. The van der Waals surface area contributed by atoms with Gasteiger partial charge < -0.3 is 10.4 Å². The quantitative estimate of drug-likeness (QED) is 0.870. The van der Waals surface area contributed by atoms with Crippen molar-refractivity contribution in [2.45, 2.75) is 38.6 Å². The van der Waals surface area contributed by atoms with E-state index in [1.165, 1.54) is 0 Å². The Balaban J connectivity index is 1.89. The number of hydrogen-bond donors (Lipinski definition) is 2. The maximum absolute atomic E-state index is 12.3. The summed E-state index contributed by atoms with van der Waals surface area (Å²) in [6.45, 7) is 1.96. The van der Waals surface area contributed by atoms with Crippen LogP contribution in [0.1, 0.15) is 44.2 Å². The molecule has 1 unspecified atom stereocenters. The Morgan fingerprint density at radius 2 is 1.86 bits per heavy atom. The normalized spacial score (nSPS) is 23.3. The average molecular weight is 354 g/mol. The van der Waals surface area contributed by atoms with Gasteiger partial charge in [-0.05, 0) is 50.3 Å². The summed E-state index contributed by atoms with van der Waals surface area (Å²) in [5.74, 6) is -1.05. The minimum Gasteiger partial charge on any atom is -0.481 e. The van der Waals surface area contributed by atoms with Crippen LogP contribution in [0.25, 0.3) is 0 Å². The van der Waals surface area contributed by atoms with Gasteiger partial charge in [-0.3, -0.25) is 9.59 Å². The Morgan fingerprint density at radius 1 is 1.24 bits per heavy atom. The second-order valence-corrected chi connectivity index (χ2v) is 6.59. The van der Waals surface area contributed by atoms with Crippen molar-refractivity contribution in [3.8, 4) is 0 Å². The zero-order valence-electron chi connectivity index (χ0n) is 12.0. The molecule has 21 heavy (non-hydrogen) atoms. The number of amides is 1. The molecule has 0 spiro atoms. The Labute approximate surface area is 133 Å². The summed E-state index contributed by atoms with van der Waals surface area (Å²) in [4.78, 5) is 23.2. The number of carboxylic acids is 1. The predicted octanol–water partition coefficient (Wildman–Crippen LogP) is 3.52. The Morgan fingerprint density at radius 3 is 2.43 bits per heavy atom. The lowest BCUT2D eigenvalue weighted by molar-refractivity contribution is -0.144. The molecular formula is C16H20BrNO3. The highest BCUT2D eigenvalue weighted by molar-refractivity contribution is 9.10. The smallest absolute Gasteiger partial charge is 0.306 e. The zero-order valence-corrected chi connectivity index (χ0v) is 13.6. The lowest BCUT2D eigenvalue weighted by Crippen LogP contribution is -2.35. The van der Waals surface area contributed by atoms with E-state index < -0.39 is 5.97 Å². The maximum Gasteiger partial charge on any atom is 0.306 e. The third-order valence-corrected chi connectivity index (χ3v) is 4.65. The number of nitrogens with one attached hydrogen (secondary N) is 1. The van der Waals surface area contributed by atoms with Crippen LogP contribution in [-0.4, -0.2) is 17.0 Å². The molecule has 2 N–H and O–H groups in total.